The first kappa shape index (κ1) is 20.7. The van der Waals surface area contributed by atoms with Crippen LogP contribution in [-0.4, -0.2) is 67.0 Å². The summed E-state index contributed by atoms with van der Waals surface area (Å²) in [6.07, 6.45) is 0. The molecule has 0 aromatic heterocycles. The molecule has 1 unspecified atom stereocenters. The first-order valence-corrected chi connectivity index (χ1v) is 8.74. The fourth-order valence-electron chi connectivity index (χ4n) is 2.73. The number of hydrogen-bond donors (Lipinski definition) is 2. The van der Waals surface area contributed by atoms with E-state index in [0.717, 1.165) is 22.1 Å². The number of methoxy groups -OCH3 is 1. The van der Waals surface area contributed by atoms with Crippen LogP contribution in [0.4, 0.5) is 0 Å². The molecule has 0 aliphatic heterocycles. The van der Waals surface area contributed by atoms with Crippen LogP contribution in [0.5, 0.6) is 5.75 Å². The van der Waals surface area contributed by atoms with Crippen molar-refractivity contribution >= 4 is 22.6 Å². The molecule has 0 heterocycles. The highest BCUT2D eigenvalue weighted by Gasteiger charge is 2.20. The quantitative estimate of drug-likeness (QED) is 0.642. The molecule has 2 aromatic carbocycles. The van der Waals surface area contributed by atoms with Crippen LogP contribution < -0.4 is 4.74 Å². The van der Waals surface area contributed by atoms with Crippen LogP contribution >= 0.6 is 0 Å². The molecule has 0 radical (unpaired) electrons. The van der Waals surface area contributed by atoms with E-state index in [0.29, 0.717) is 0 Å². The number of rotatable bonds is 9. The average molecular weight is 375 g/mol. The molecule has 0 saturated heterocycles. The summed E-state index contributed by atoms with van der Waals surface area (Å²) < 4.78 is 10.3. The molecule has 0 aliphatic rings. The van der Waals surface area contributed by atoms with E-state index in [9.17, 15) is 9.59 Å². The van der Waals surface area contributed by atoms with E-state index >= 15 is 0 Å². The van der Waals surface area contributed by atoms with E-state index in [2.05, 4.69) is 0 Å². The van der Waals surface area contributed by atoms with Gasteiger partial charge >= 0.3 is 5.97 Å². The predicted octanol–water partition coefficient (Wildman–Crippen LogP) is 1.31. The maximum atomic E-state index is 12.3. The van der Waals surface area contributed by atoms with Crippen LogP contribution in [0.1, 0.15) is 18.4 Å². The fraction of sp³-hybridized carbons (Fsp3) is 0.400. The molecule has 7 heteroatoms. The molecule has 0 saturated carbocycles. The van der Waals surface area contributed by atoms with E-state index < -0.39 is 24.4 Å². The summed E-state index contributed by atoms with van der Waals surface area (Å²) in [5.74, 6) is -0.738. The minimum atomic E-state index is -0.534. The van der Waals surface area contributed by atoms with Gasteiger partial charge in [-0.15, -0.1) is 0 Å². The van der Waals surface area contributed by atoms with Crippen molar-refractivity contribution in [2.24, 2.45) is 0 Å². The van der Waals surface area contributed by atoms with Crippen LogP contribution in [0, 0.1) is 0 Å². The number of aliphatic hydroxyl groups excluding tert-OH is 2. The highest BCUT2D eigenvalue weighted by molar-refractivity contribution is 5.87. The molecule has 146 valence electrons. The predicted molar refractivity (Wildman–Crippen MR) is 101 cm³/mol. The van der Waals surface area contributed by atoms with Gasteiger partial charge in [-0.3, -0.25) is 9.59 Å². The largest absolute Gasteiger partial charge is 0.497 e. The number of esters is 1. The molecule has 1 atom stereocenters. The average Bonchev–Trinajstić information content (AvgIpc) is 2.70. The summed E-state index contributed by atoms with van der Waals surface area (Å²) in [7, 11) is 1.61. The maximum Gasteiger partial charge on any atom is 0.313 e. The topological polar surface area (TPSA) is 96.3 Å². The number of amides is 1. The molecule has 2 N–H and O–H groups in total. The number of nitrogens with zero attached hydrogens (tertiary/aromatic N) is 1. The minimum Gasteiger partial charge on any atom is -0.497 e. The number of benzene rings is 2. The Morgan fingerprint density at radius 3 is 2.30 bits per heavy atom. The fourth-order valence-corrected chi connectivity index (χ4v) is 2.73. The van der Waals surface area contributed by atoms with Gasteiger partial charge in [-0.25, -0.2) is 0 Å². The van der Waals surface area contributed by atoms with Gasteiger partial charge in [0.1, 0.15) is 5.75 Å². The Bertz CT molecular complexity index is 785. The Kier molecular flexibility index (Phi) is 7.57. The molecular formula is C20H25NO6. The number of hydrogen-bond acceptors (Lipinski definition) is 6. The van der Waals surface area contributed by atoms with E-state index in [1.165, 1.54) is 4.90 Å². The molecule has 7 nitrogen and oxygen atoms in total. The first-order chi connectivity index (χ1) is 13.0. The summed E-state index contributed by atoms with van der Waals surface area (Å²) in [6, 6.07) is 11.3. The summed E-state index contributed by atoms with van der Waals surface area (Å²) in [5, 5.41) is 19.9. The van der Waals surface area contributed by atoms with Gasteiger partial charge in [-0.05, 0) is 35.4 Å². The van der Waals surface area contributed by atoms with Crippen LogP contribution in [0.15, 0.2) is 36.4 Å². The van der Waals surface area contributed by atoms with Gasteiger partial charge in [-0.1, -0.05) is 24.3 Å². The summed E-state index contributed by atoms with van der Waals surface area (Å²) in [6.45, 7) is 1.02. The van der Waals surface area contributed by atoms with Crippen molar-refractivity contribution in [3.8, 4) is 5.75 Å². The van der Waals surface area contributed by atoms with Gasteiger partial charge in [0.05, 0.1) is 26.2 Å². The molecule has 1 amide bonds. The summed E-state index contributed by atoms with van der Waals surface area (Å²) in [4.78, 5) is 25.6. The SMILES string of the molecule is COc1ccc2cc(C(C)C(=O)OCC(=O)N(CCO)CCO)ccc2c1. The lowest BCUT2D eigenvalue weighted by Gasteiger charge is -2.21. The number of carbonyl (C=O) groups is 2. The zero-order valence-electron chi connectivity index (χ0n) is 15.6. The smallest absolute Gasteiger partial charge is 0.313 e. The Hall–Kier alpha value is -2.64. The summed E-state index contributed by atoms with van der Waals surface area (Å²) in [5.41, 5.74) is 0.785. The normalized spacial score (nSPS) is 11.9. The van der Waals surface area contributed by atoms with Gasteiger partial charge < -0.3 is 24.6 Å². The molecule has 2 rings (SSSR count). The van der Waals surface area contributed by atoms with Crippen molar-refractivity contribution in [1.82, 2.24) is 4.90 Å². The highest BCUT2D eigenvalue weighted by atomic mass is 16.5. The van der Waals surface area contributed by atoms with Crippen molar-refractivity contribution in [3.63, 3.8) is 0 Å². The van der Waals surface area contributed by atoms with Gasteiger partial charge in [0, 0.05) is 13.1 Å². The number of ether oxygens (including phenoxy) is 2. The highest BCUT2D eigenvalue weighted by Crippen LogP contribution is 2.25. The van der Waals surface area contributed by atoms with Crippen molar-refractivity contribution in [3.05, 3.63) is 42.0 Å². The van der Waals surface area contributed by atoms with E-state index in [-0.39, 0.29) is 26.3 Å². The second-order valence-electron chi connectivity index (χ2n) is 6.13. The second-order valence-corrected chi connectivity index (χ2v) is 6.13. The number of aliphatic hydroxyl groups is 2. The molecular weight excluding hydrogens is 350 g/mol. The lowest BCUT2D eigenvalue weighted by atomic mass is 9.98. The zero-order chi connectivity index (χ0) is 19.8. The van der Waals surface area contributed by atoms with Gasteiger partial charge in [0.15, 0.2) is 6.61 Å². The maximum absolute atomic E-state index is 12.3. The molecule has 0 aliphatic carbocycles. The van der Waals surface area contributed by atoms with Crippen molar-refractivity contribution in [1.29, 1.82) is 0 Å². The third-order valence-corrected chi connectivity index (χ3v) is 4.36. The van der Waals surface area contributed by atoms with Crippen LogP contribution in [0.25, 0.3) is 10.8 Å². The van der Waals surface area contributed by atoms with Gasteiger partial charge in [-0.2, -0.15) is 0 Å². The van der Waals surface area contributed by atoms with E-state index in [4.69, 9.17) is 19.7 Å². The zero-order valence-corrected chi connectivity index (χ0v) is 15.6. The van der Waals surface area contributed by atoms with Gasteiger partial charge in [0.25, 0.3) is 5.91 Å². The third-order valence-electron chi connectivity index (χ3n) is 4.36. The second kappa shape index (κ2) is 9.89. The number of fused-ring (bicyclic) bond motifs is 1. The van der Waals surface area contributed by atoms with E-state index in [1.54, 1.807) is 14.0 Å². The molecule has 0 bridgehead atoms. The monoisotopic (exact) mass is 375 g/mol. The lowest BCUT2D eigenvalue weighted by molar-refractivity contribution is -0.153. The van der Waals surface area contributed by atoms with Crippen LogP contribution in [0.2, 0.25) is 0 Å². The third kappa shape index (κ3) is 5.42. The molecule has 0 fully saturated rings. The molecule has 0 spiro atoms. The van der Waals surface area contributed by atoms with Crippen molar-refractivity contribution < 1.29 is 29.3 Å². The Labute approximate surface area is 158 Å². The Morgan fingerprint density at radius 2 is 1.67 bits per heavy atom. The van der Waals surface area contributed by atoms with E-state index in [1.807, 2.05) is 36.4 Å². The van der Waals surface area contributed by atoms with Crippen LogP contribution in [0.3, 0.4) is 0 Å². The summed E-state index contributed by atoms with van der Waals surface area (Å²) >= 11 is 0. The van der Waals surface area contributed by atoms with Crippen molar-refractivity contribution in [2.75, 3.05) is 40.0 Å². The van der Waals surface area contributed by atoms with Crippen LogP contribution in [-0.2, 0) is 14.3 Å². The lowest BCUT2D eigenvalue weighted by Crippen LogP contribution is -2.38. The minimum absolute atomic E-state index is 0.0840. The molecule has 27 heavy (non-hydrogen) atoms. The standard InChI is InChI=1S/C20H25NO6/c1-14(20(25)27-13-19(24)21(7-9-22)8-10-23)15-3-4-17-12-18(26-2)6-5-16(17)11-15/h3-6,11-12,14,22-23H,7-10,13H2,1-2H3. The first-order valence-electron chi connectivity index (χ1n) is 8.74. The Balaban J connectivity index is 2.01. The van der Waals surface area contributed by atoms with Crippen molar-refractivity contribution in [2.45, 2.75) is 12.8 Å². The Morgan fingerprint density at radius 1 is 1.04 bits per heavy atom. The molecule has 2 aromatic rings. The number of carbonyl (C=O) groups excluding carboxylic acids is 2. The van der Waals surface area contributed by atoms with Gasteiger partial charge in [0.2, 0.25) is 0 Å².